The number of benzene rings is 2. The predicted molar refractivity (Wildman–Crippen MR) is 106 cm³/mol. The van der Waals surface area contributed by atoms with Gasteiger partial charge in [-0.15, -0.1) is 0 Å². The van der Waals surface area contributed by atoms with Crippen molar-refractivity contribution in [2.75, 3.05) is 23.8 Å². The third-order valence-corrected chi connectivity index (χ3v) is 3.59. The first-order valence-electron chi connectivity index (χ1n) is 9.10. The summed E-state index contributed by atoms with van der Waals surface area (Å²) in [5, 5.41) is 5.99. The maximum atomic E-state index is 12.2. The average Bonchev–Trinajstić information content (AvgIpc) is 2.62. The van der Waals surface area contributed by atoms with Crippen LogP contribution in [-0.4, -0.2) is 25.2 Å². The lowest BCUT2D eigenvalue weighted by Crippen LogP contribution is -2.22. The molecule has 0 unspecified atom stereocenters. The molecule has 0 aliphatic rings. The van der Waals surface area contributed by atoms with Gasteiger partial charge in [-0.3, -0.25) is 4.79 Å². The number of hydrogen-bond acceptors (Lipinski definition) is 4. The standard InChI is InChI=1S/C21H28N2O3/c1-4-5-14-25-18-12-10-17(11-13-18)23-21(24)15-22-19-8-6-7-9-20(19)26-16(2)3/h6-13,16,22H,4-5,14-15H2,1-3H3,(H,23,24). The number of para-hydroxylation sites is 2. The van der Waals surface area contributed by atoms with Crippen LogP contribution in [0.15, 0.2) is 48.5 Å². The molecule has 0 fully saturated rings. The van der Waals surface area contributed by atoms with E-state index in [1.807, 2.05) is 62.4 Å². The van der Waals surface area contributed by atoms with Crippen LogP contribution in [-0.2, 0) is 4.79 Å². The van der Waals surface area contributed by atoms with E-state index in [-0.39, 0.29) is 18.6 Å². The minimum Gasteiger partial charge on any atom is -0.494 e. The van der Waals surface area contributed by atoms with Gasteiger partial charge < -0.3 is 20.1 Å². The third kappa shape index (κ3) is 6.67. The van der Waals surface area contributed by atoms with Crippen molar-refractivity contribution in [3.8, 4) is 11.5 Å². The second-order valence-corrected chi connectivity index (χ2v) is 6.29. The summed E-state index contributed by atoms with van der Waals surface area (Å²) in [5.41, 5.74) is 1.54. The van der Waals surface area contributed by atoms with Gasteiger partial charge in [-0.25, -0.2) is 0 Å². The van der Waals surface area contributed by atoms with Gasteiger partial charge in [0.25, 0.3) is 0 Å². The molecule has 5 nitrogen and oxygen atoms in total. The summed E-state index contributed by atoms with van der Waals surface area (Å²) in [6, 6.07) is 15.0. The van der Waals surface area contributed by atoms with Gasteiger partial charge in [-0.05, 0) is 56.7 Å². The molecule has 0 heterocycles. The summed E-state index contributed by atoms with van der Waals surface area (Å²) >= 11 is 0. The van der Waals surface area contributed by atoms with Crippen molar-refractivity contribution in [3.63, 3.8) is 0 Å². The van der Waals surface area contributed by atoms with Crippen LogP contribution in [0.5, 0.6) is 11.5 Å². The number of ether oxygens (including phenoxy) is 2. The van der Waals surface area contributed by atoms with Crippen molar-refractivity contribution >= 4 is 17.3 Å². The van der Waals surface area contributed by atoms with E-state index in [4.69, 9.17) is 9.47 Å². The van der Waals surface area contributed by atoms with Crippen LogP contribution in [0.3, 0.4) is 0 Å². The van der Waals surface area contributed by atoms with Crippen LogP contribution in [0, 0.1) is 0 Å². The Morgan fingerprint density at radius 2 is 1.81 bits per heavy atom. The Labute approximate surface area is 155 Å². The Balaban J connectivity index is 1.84. The Bertz CT molecular complexity index is 684. The van der Waals surface area contributed by atoms with Gasteiger partial charge in [0, 0.05) is 5.69 Å². The summed E-state index contributed by atoms with van der Waals surface area (Å²) in [6.07, 6.45) is 2.21. The molecule has 0 aliphatic heterocycles. The number of unbranched alkanes of at least 4 members (excludes halogenated alkanes) is 1. The SMILES string of the molecule is CCCCOc1ccc(NC(=O)CNc2ccccc2OC(C)C)cc1. The van der Waals surface area contributed by atoms with Crippen molar-refractivity contribution in [1.29, 1.82) is 0 Å². The second kappa shape index (κ2) is 10.3. The molecule has 2 aromatic carbocycles. The molecule has 2 N–H and O–H groups in total. The zero-order valence-corrected chi connectivity index (χ0v) is 15.7. The minimum atomic E-state index is -0.121. The molecule has 0 spiro atoms. The van der Waals surface area contributed by atoms with Crippen molar-refractivity contribution in [2.24, 2.45) is 0 Å². The first-order valence-corrected chi connectivity index (χ1v) is 9.10. The summed E-state index contributed by atoms with van der Waals surface area (Å²) in [4.78, 5) is 12.2. The number of anilines is 2. The smallest absolute Gasteiger partial charge is 0.243 e. The molecular weight excluding hydrogens is 328 g/mol. The highest BCUT2D eigenvalue weighted by molar-refractivity contribution is 5.94. The van der Waals surface area contributed by atoms with Gasteiger partial charge in [-0.2, -0.15) is 0 Å². The Kier molecular flexibility index (Phi) is 7.80. The largest absolute Gasteiger partial charge is 0.494 e. The highest BCUT2D eigenvalue weighted by Gasteiger charge is 2.07. The van der Waals surface area contributed by atoms with Gasteiger partial charge in [0.1, 0.15) is 11.5 Å². The van der Waals surface area contributed by atoms with Gasteiger partial charge in [0.05, 0.1) is 24.9 Å². The van der Waals surface area contributed by atoms with Crippen molar-refractivity contribution in [1.82, 2.24) is 0 Å². The molecule has 2 aromatic rings. The molecule has 5 heteroatoms. The Morgan fingerprint density at radius 1 is 1.08 bits per heavy atom. The molecular formula is C21H28N2O3. The maximum absolute atomic E-state index is 12.2. The number of rotatable bonds is 10. The molecule has 2 rings (SSSR count). The highest BCUT2D eigenvalue weighted by Crippen LogP contribution is 2.24. The van der Waals surface area contributed by atoms with Crippen molar-refractivity contribution < 1.29 is 14.3 Å². The van der Waals surface area contributed by atoms with Crippen LogP contribution in [0.25, 0.3) is 0 Å². The van der Waals surface area contributed by atoms with E-state index >= 15 is 0 Å². The van der Waals surface area contributed by atoms with E-state index in [9.17, 15) is 4.79 Å². The van der Waals surface area contributed by atoms with Crippen LogP contribution in [0.2, 0.25) is 0 Å². The number of amides is 1. The van der Waals surface area contributed by atoms with Crippen molar-refractivity contribution in [2.45, 2.75) is 39.7 Å². The van der Waals surface area contributed by atoms with E-state index in [2.05, 4.69) is 17.6 Å². The zero-order chi connectivity index (χ0) is 18.8. The van der Waals surface area contributed by atoms with E-state index < -0.39 is 0 Å². The summed E-state index contributed by atoms with van der Waals surface area (Å²) in [5.74, 6) is 1.43. The lowest BCUT2D eigenvalue weighted by Gasteiger charge is -2.15. The van der Waals surface area contributed by atoms with Gasteiger partial charge in [0.15, 0.2) is 0 Å². The van der Waals surface area contributed by atoms with Crippen molar-refractivity contribution in [3.05, 3.63) is 48.5 Å². The fourth-order valence-corrected chi connectivity index (χ4v) is 2.32. The number of nitrogens with one attached hydrogen (secondary N) is 2. The maximum Gasteiger partial charge on any atom is 0.243 e. The topological polar surface area (TPSA) is 59.6 Å². The lowest BCUT2D eigenvalue weighted by atomic mass is 10.2. The molecule has 0 saturated carbocycles. The van der Waals surface area contributed by atoms with Gasteiger partial charge >= 0.3 is 0 Å². The molecule has 26 heavy (non-hydrogen) atoms. The fraction of sp³-hybridized carbons (Fsp3) is 0.381. The number of hydrogen-bond donors (Lipinski definition) is 2. The lowest BCUT2D eigenvalue weighted by molar-refractivity contribution is -0.114. The molecule has 140 valence electrons. The van der Waals surface area contributed by atoms with Crippen LogP contribution < -0.4 is 20.1 Å². The van der Waals surface area contributed by atoms with Gasteiger partial charge in [-0.1, -0.05) is 25.5 Å². The van der Waals surface area contributed by atoms with E-state index in [0.29, 0.717) is 6.61 Å². The normalized spacial score (nSPS) is 10.5. The van der Waals surface area contributed by atoms with E-state index in [1.54, 1.807) is 0 Å². The van der Waals surface area contributed by atoms with Crippen LogP contribution >= 0.6 is 0 Å². The summed E-state index contributed by atoms with van der Waals surface area (Å²) in [6.45, 7) is 6.94. The Hall–Kier alpha value is -2.69. The first kappa shape index (κ1) is 19.6. The molecule has 0 atom stereocenters. The predicted octanol–water partition coefficient (Wildman–Crippen LogP) is 4.70. The molecule has 1 amide bonds. The van der Waals surface area contributed by atoms with Crippen LogP contribution in [0.1, 0.15) is 33.6 Å². The quantitative estimate of drug-likeness (QED) is 0.606. The monoisotopic (exact) mass is 356 g/mol. The van der Waals surface area contributed by atoms with Gasteiger partial charge in [0.2, 0.25) is 5.91 Å². The highest BCUT2D eigenvalue weighted by atomic mass is 16.5. The average molecular weight is 356 g/mol. The molecule has 0 saturated heterocycles. The third-order valence-electron chi connectivity index (χ3n) is 3.59. The number of carbonyl (C=O) groups is 1. The number of carbonyl (C=O) groups excluding carboxylic acids is 1. The molecule has 0 bridgehead atoms. The fourth-order valence-electron chi connectivity index (χ4n) is 2.32. The Morgan fingerprint density at radius 3 is 2.50 bits per heavy atom. The molecule has 0 aromatic heterocycles. The second-order valence-electron chi connectivity index (χ2n) is 6.29. The van der Waals surface area contributed by atoms with E-state index in [0.717, 1.165) is 35.7 Å². The molecule has 0 aliphatic carbocycles. The minimum absolute atomic E-state index is 0.0739. The first-order chi connectivity index (χ1) is 12.6. The van der Waals surface area contributed by atoms with Crippen LogP contribution in [0.4, 0.5) is 11.4 Å². The summed E-state index contributed by atoms with van der Waals surface area (Å²) in [7, 11) is 0. The van der Waals surface area contributed by atoms with E-state index in [1.165, 1.54) is 0 Å². The molecule has 0 radical (unpaired) electrons. The zero-order valence-electron chi connectivity index (χ0n) is 15.7. The summed E-state index contributed by atoms with van der Waals surface area (Å²) < 4.78 is 11.4.